The van der Waals surface area contributed by atoms with E-state index in [0.29, 0.717) is 5.75 Å². The first-order chi connectivity index (χ1) is 12.0. The van der Waals surface area contributed by atoms with Crippen LogP contribution in [0.25, 0.3) is 0 Å². The number of carbonyl (C=O) groups excluding carboxylic acids is 2. The topological polar surface area (TPSA) is 79.5 Å². The molecule has 0 heterocycles. The molecule has 2 aromatic carbocycles. The molecule has 0 radical (unpaired) electrons. The van der Waals surface area contributed by atoms with Gasteiger partial charge < -0.3 is 4.74 Å². The van der Waals surface area contributed by atoms with Crippen LogP contribution in [-0.4, -0.2) is 24.0 Å². The predicted molar refractivity (Wildman–Crippen MR) is 94.4 cm³/mol. The van der Waals surface area contributed by atoms with Gasteiger partial charge in [-0.2, -0.15) is 0 Å². The second-order valence-electron chi connectivity index (χ2n) is 4.99. The first-order valence-corrected chi connectivity index (χ1v) is 7.67. The zero-order valence-corrected chi connectivity index (χ0v) is 14.2. The molecule has 2 rings (SSSR count). The average Bonchev–Trinajstić information content (AvgIpc) is 2.61. The molecule has 2 amide bonds. The zero-order valence-electron chi connectivity index (χ0n) is 13.3. The molecule has 0 saturated heterocycles. The van der Waals surface area contributed by atoms with E-state index in [4.69, 9.17) is 17.0 Å². The van der Waals surface area contributed by atoms with Gasteiger partial charge in [0.05, 0.1) is 13.5 Å². The van der Waals surface area contributed by atoms with Crippen molar-refractivity contribution in [2.45, 2.75) is 6.42 Å². The molecule has 130 valence electrons. The third kappa shape index (κ3) is 5.85. The Kier molecular flexibility index (Phi) is 6.41. The maximum atomic E-state index is 12.8. The number of carbonyl (C=O) groups is 2. The van der Waals surface area contributed by atoms with Crippen LogP contribution in [0.4, 0.5) is 4.39 Å². The first kappa shape index (κ1) is 18.3. The van der Waals surface area contributed by atoms with E-state index in [0.717, 1.165) is 5.56 Å². The molecular formula is C17H16FN3O3S. The molecular weight excluding hydrogens is 345 g/mol. The summed E-state index contributed by atoms with van der Waals surface area (Å²) in [7, 11) is 1.56. The van der Waals surface area contributed by atoms with E-state index in [9.17, 15) is 14.0 Å². The van der Waals surface area contributed by atoms with Gasteiger partial charge in [0.1, 0.15) is 11.6 Å². The highest BCUT2D eigenvalue weighted by Crippen LogP contribution is 2.11. The van der Waals surface area contributed by atoms with Crippen molar-refractivity contribution in [2.75, 3.05) is 7.11 Å². The van der Waals surface area contributed by atoms with Gasteiger partial charge in [0, 0.05) is 5.56 Å². The van der Waals surface area contributed by atoms with E-state index in [1.54, 1.807) is 31.4 Å². The summed E-state index contributed by atoms with van der Waals surface area (Å²) in [5, 5.41) is 2.31. The number of benzene rings is 2. The van der Waals surface area contributed by atoms with Crippen LogP contribution in [0.2, 0.25) is 0 Å². The maximum absolute atomic E-state index is 12.8. The molecule has 25 heavy (non-hydrogen) atoms. The summed E-state index contributed by atoms with van der Waals surface area (Å²) >= 11 is 4.92. The Morgan fingerprint density at radius 3 is 2.28 bits per heavy atom. The Hall–Kier alpha value is -3.00. The molecule has 0 aliphatic heterocycles. The summed E-state index contributed by atoms with van der Waals surface area (Å²) in [5.74, 6) is -0.583. The standard InChI is InChI=1S/C17H16FN3O3S/c1-24-14-8-2-11(3-9-14)10-15(22)20-21-17(25)19-16(23)12-4-6-13(18)7-5-12/h2-9H,10H2,1H3,(H,20,22)(H2,19,21,23,25). The number of nitrogens with one attached hydrogen (secondary N) is 3. The number of rotatable bonds is 4. The Balaban J connectivity index is 1.77. The minimum Gasteiger partial charge on any atom is -0.497 e. The van der Waals surface area contributed by atoms with E-state index in [2.05, 4.69) is 16.2 Å². The van der Waals surface area contributed by atoms with Gasteiger partial charge in [0.15, 0.2) is 5.11 Å². The maximum Gasteiger partial charge on any atom is 0.257 e. The first-order valence-electron chi connectivity index (χ1n) is 7.26. The fraction of sp³-hybridized carbons (Fsp3) is 0.118. The predicted octanol–water partition coefficient (Wildman–Crippen LogP) is 1.71. The Labute approximate surface area is 149 Å². The second kappa shape index (κ2) is 8.74. The second-order valence-corrected chi connectivity index (χ2v) is 5.40. The van der Waals surface area contributed by atoms with Gasteiger partial charge in [-0.25, -0.2) is 4.39 Å². The number of ether oxygens (including phenoxy) is 1. The third-order valence-electron chi connectivity index (χ3n) is 3.17. The van der Waals surface area contributed by atoms with Crippen molar-refractivity contribution < 1.29 is 18.7 Å². The highest BCUT2D eigenvalue weighted by Gasteiger charge is 2.09. The fourth-order valence-electron chi connectivity index (χ4n) is 1.91. The van der Waals surface area contributed by atoms with Gasteiger partial charge in [-0.05, 0) is 54.2 Å². The quantitative estimate of drug-likeness (QED) is 0.571. The van der Waals surface area contributed by atoms with Crippen LogP contribution in [0.5, 0.6) is 5.75 Å². The highest BCUT2D eigenvalue weighted by molar-refractivity contribution is 7.80. The van der Waals surface area contributed by atoms with Crippen LogP contribution in [0.1, 0.15) is 15.9 Å². The van der Waals surface area contributed by atoms with Crippen molar-refractivity contribution in [2.24, 2.45) is 0 Å². The van der Waals surface area contributed by atoms with Gasteiger partial charge in [-0.1, -0.05) is 12.1 Å². The molecule has 0 saturated carbocycles. The number of hydrazine groups is 1. The molecule has 0 fully saturated rings. The third-order valence-corrected chi connectivity index (χ3v) is 3.38. The summed E-state index contributed by atoms with van der Waals surface area (Å²) in [5.41, 5.74) is 5.87. The van der Waals surface area contributed by atoms with Crippen molar-refractivity contribution >= 4 is 29.1 Å². The molecule has 6 nitrogen and oxygen atoms in total. The molecule has 0 bridgehead atoms. The van der Waals surface area contributed by atoms with Crippen LogP contribution in [-0.2, 0) is 11.2 Å². The number of amides is 2. The van der Waals surface area contributed by atoms with Crippen molar-refractivity contribution in [3.05, 3.63) is 65.5 Å². The largest absolute Gasteiger partial charge is 0.497 e. The molecule has 0 unspecified atom stereocenters. The van der Waals surface area contributed by atoms with Gasteiger partial charge in [0.2, 0.25) is 5.91 Å². The summed E-state index contributed by atoms with van der Waals surface area (Å²) in [6, 6.07) is 12.0. The minimum absolute atomic E-state index is 0.0718. The van der Waals surface area contributed by atoms with E-state index in [-0.39, 0.29) is 23.0 Å². The van der Waals surface area contributed by atoms with Crippen LogP contribution in [0.3, 0.4) is 0 Å². The Morgan fingerprint density at radius 2 is 1.68 bits per heavy atom. The molecule has 0 aliphatic carbocycles. The lowest BCUT2D eigenvalue weighted by Gasteiger charge is -2.11. The molecule has 3 N–H and O–H groups in total. The number of thiocarbonyl (C=S) groups is 1. The van der Waals surface area contributed by atoms with Crippen molar-refractivity contribution in [3.63, 3.8) is 0 Å². The van der Waals surface area contributed by atoms with Crippen LogP contribution in [0.15, 0.2) is 48.5 Å². The van der Waals surface area contributed by atoms with Gasteiger partial charge >= 0.3 is 0 Å². The lowest BCUT2D eigenvalue weighted by atomic mass is 10.1. The fourth-order valence-corrected chi connectivity index (χ4v) is 2.05. The van der Waals surface area contributed by atoms with Crippen LogP contribution >= 0.6 is 12.2 Å². The number of methoxy groups -OCH3 is 1. The van der Waals surface area contributed by atoms with Crippen molar-refractivity contribution in [3.8, 4) is 5.75 Å². The smallest absolute Gasteiger partial charge is 0.257 e. The van der Waals surface area contributed by atoms with Crippen LogP contribution < -0.4 is 20.9 Å². The lowest BCUT2D eigenvalue weighted by Crippen LogP contribution is -2.48. The minimum atomic E-state index is -0.512. The van der Waals surface area contributed by atoms with Crippen molar-refractivity contribution in [1.82, 2.24) is 16.2 Å². The number of halogens is 1. The monoisotopic (exact) mass is 361 g/mol. The summed E-state index contributed by atoms with van der Waals surface area (Å²) < 4.78 is 17.9. The average molecular weight is 361 g/mol. The van der Waals surface area contributed by atoms with E-state index in [1.165, 1.54) is 24.3 Å². The van der Waals surface area contributed by atoms with Gasteiger partial charge in [-0.3, -0.25) is 25.8 Å². The Morgan fingerprint density at radius 1 is 1.04 bits per heavy atom. The number of hydrogen-bond acceptors (Lipinski definition) is 4. The normalized spacial score (nSPS) is 9.84. The SMILES string of the molecule is COc1ccc(CC(=O)NNC(=S)NC(=O)c2ccc(F)cc2)cc1. The van der Waals surface area contributed by atoms with E-state index in [1.807, 2.05) is 0 Å². The Bertz CT molecular complexity index is 764. The van der Waals surface area contributed by atoms with Gasteiger partial charge in [0.25, 0.3) is 5.91 Å². The summed E-state index contributed by atoms with van der Waals surface area (Å²) in [4.78, 5) is 23.7. The summed E-state index contributed by atoms with van der Waals surface area (Å²) in [6.07, 6.45) is 0.130. The number of hydrogen-bond donors (Lipinski definition) is 3. The molecule has 0 aliphatic rings. The lowest BCUT2D eigenvalue weighted by molar-refractivity contribution is -0.121. The zero-order chi connectivity index (χ0) is 18.2. The molecule has 0 spiro atoms. The molecule has 0 atom stereocenters. The van der Waals surface area contributed by atoms with Gasteiger partial charge in [-0.15, -0.1) is 0 Å². The molecule has 0 aromatic heterocycles. The van der Waals surface area contributed by atoms with Crippen LogP contribution in [0, 0.1) is 5.82 Å². The highest BCUT2D eigenvalue weighted by atomic mass is 32.1. The van der Waals surface area contributed by atoms with E-state index < -0.39 is 11.7 Å². The van der Waals surface area contributed by atoms with Crippen molar-refractivity contribution in [1.29, 1.82) is 0 Å². The summed E-state index contributed by atoms with van der Waals surface area (Å²) in [6.45, 7) is 0. The van der Waals surface area contributed by atoms with E-state index >= 15 is 0 Å². The molecule has 8 heteroatoms. The molecule has 2 aromatic rings.